The monoisotopic (exact) mass is 237 g/mol. The van der Waals surface area contributed by atoms with Crippen LogP contribution in [-0.4, -0.2) is 31.8 Å². The maximum atomic E-state index is 5.58. The fraction of sp³-hybridized carbons (Fsp3) is 0.250. The lowest BCUT2D eigenvalue weighted by Gasteiger charge is -2.04. The first-order valence-corrected chi connectivity index (χ1v) is 5.35. The van der Waals surface area contributed by atoms with E-state index >= 15 is 0 Å². The van der Waals surface area contributed by atoms with Crippen molar-refractivity contribution < 1.29 is 0 Å². The molecule has 0 spiro atoms. The second-order valence-corrected chi connectivity index (χ2v) is 4.01. The second-order valence-electron chi connectivity index (χ2n) is 3.03. The van der Waals surface area contributed by atoms with E-state index in [4.69, 9.17) is 5.73 Å². The van der Waals surface area contributed by atoms with Crippen molar-refractivity contribution in [2.24, 2.45) is 7.05 Å². The molecule has 0 radical (unpaired) electrons. The molecule has 0 unspecified atom stereocenters. The molecule has 84 valence electrons. The largest absolute Gasteiger partial charge is 0.373 e. The third kappa shape index (κ3) is 2.22. The fourth-order valence-corrected chi connectivity index (χ4v) is 1.86. The zero-order valence-corrected chi connectivity index (χ0v) is 9.69. The van der Waals surface area contributed by atoms with Crippen molar-refractivity contribution >= 4 is 23.5 Å². The molecule has 0 aromatic carbocycles. The smallest absolute Gasteiger partial charge is 0.223 e. The predicted octanol–water partition coefficient (Wildman–Crippen LogP) is 0.380. The molecule has 3 N–H and O–H groups in total. The minimum atomic E-state index is 0.233. The molecule has 2 aromatic heterocycles. The predicted molar refractivity (Wildman–Crippen MR) is 61.1 cm³/mol. The quantitative estimate of drug-likeness (QED) is 0.745. The van der Waals surface area contributed by atoms with Gasteiger partial charge >= 0.3 is 0 Å². The van der Waals surface area contributed by atoms with Gasteiger partial charge in [-0.3, -0.25) is 0 Å². The number of aryl methyl sites for hydroxylation is 1. The molecule has 16 heavy (non-hydrogen) atoms. The highest BCUT2D eigenvalue weighted by Gasteiger charge is 2.07. The summed E-state index contributed by atoms with van der Waals surface area (Å²) < 4.78 is 1.81. The van der Waals surface area contributed by atoms with Crippen molar-refractivity contribution in [1.29, 1.82) is 0 Å². The zero-order valence-electron chi connectivity index (χ0n) is 8.88. The van der Waals surface area contributed by atoms with E-state index in [0.29, 0.717) is 5.82 Å². The maximum Gasteiger partial charge on any atom is 0.223 e. The molecular formula is C8H11N7S. The van der Waals surface area contributed by atoms with Crippen LogP contribution in [-0.2, 0) is 7.05 Å². The lowest BCUT2D eigenvalue weighted by atomic mass is 10.6. The van der Waals surface area contributed by atoms with Crippen molar-refractivity contribution in [1.82, 2.24) is 24.7 Å². The van der Waals surface area contributed by atoms with E-state index < -0.39 is 0 Å². The Morgan fingerprint density at radius 2 is 2.25 bits per heavy atom. The SMILES string of the molecule is CNc1cc(Sc2nncn2C)nc(N)n1. The summed E-state index contributed by atoms with van der Waals surface area (Å²) in [4.78, 5) is 8.11. The van der Waals surface area contributed by atoms with Gasteiger partial charge in [0.25, 0.3) is 0 Å². The number of nitrogens with one attached hydrogen (secondary N) is 1. The molecule has 0 amide bonds. The van der Waals surface area contributed by atoms with Gasteiger partial charge in [0.1, 0.15) is 17.2 Å². The van der Waals surface area contributed by atoms with Gasteiger partial charge in [0.2, 0.25) is 5.95 Å². The number of nitrogen functional groups attached to an aromatic ring is 1. The molecule has 0 fully saturated rings. The van der Waals surface area contributed by atoms with Crippen LogP contribution in [0.1, 0.15) is 0 Å². The summed E-state index contributed by atoms with van der Waals surface area (Å²) in [5, 5.41) is 12.1. The summed E-state index contributed by atoms with van der Waals surface area (Å²) in [6.07, 6.45) is 1.63. The second kappa shape index (κ2) is 4.35. The first-order valence-electron chi connectivity index (χ1n) is 4.53. The van der Waals surface area contributed by atoms with Gasteiger partial charge in [0.15, 0.2) is 5.16 Å². The van der Waals surface area contributed by atoms with Gasteiger partial charge in [0.05, 0.1) is 0 Å². The van der Waals surface area contributed by atoms with Gasteiger partial charge in [0, 0.05) is 20.2 Å². The standard InChI is InChI=1S/C8H11N7S/c1-10-5-3-6(13-7(9)12-5)16-8-14-11-4-15(8)2/h3-4H,1-2H3,(H3,9,10,12,13). The Morgan fingerprint density at radius 3 is 2.88 bits per heavy atom. The minimum absolute atomic E-state index is 0.233. The van der Waals surface area contributed by atoms with Crippen molar-refractivity contribution in [3.05, 3.63) is 12.4 Å². The van der Waals surface area contributed by atoms with Gasteiger partial charge in [-0.15, -0.1) is 10.2 Å². The summed E-state index contributed by atoms with van der Waals surface area (Å²) in [7, 11) is 3.64. The van der Waals surface area contributed by atoms with Crippen molar-refractivity contribution in [3.8, 4) is 0 Å². The summed E-state index contributed by atoms with van der Waals surface area (Å²) in [5.74, 6) is 0.911. The van der Waals surface area contributed by atoms with Gasteiger partial charge in [-0.25, -0.2) is 4.98 Å². The third-order valence-corrected chi connectivity index (χ3v) is 2.81. The molecular weight excluding hydrogens is 226 g/mol. The van der Waals surface area contributed by atoms with Crippen LogP contribution in [0.4, 0.5) is 11.8 Å². The molecule has 0 atom stereocenters. The van der Waals surface area contributed by atoms with Crippen LogP contribution in [0.15, 0.2) is 22.6 Å². The van der Waals surface area contributed by atoms with Crippen LogP contribution >= 0.6 is 11.8 Å². The zero-order chi connectivity index (χ0) is 11.5. The maximum absolute atomic E-state index is 5.58. The number of nitrogens with zero attached hydrogens (tertiary/aromatic N) is 5. The van der Waals surface area contributed by atoms with E-state index in [-0.39, 0.29) is 5.95 Å². The first-order chi connectivity index (χ1) is 7.69. The van der Waals surface area contributed by atoms with Crippen LogP contribution in [0, 0.1) is 0 Å². The summed E-state index contributed by atoms with van der Waals surface area (Å²) >= 11 is 1.38. The van der Waals surface area contributed by atoms with E-state index in [0.717, 1.165) is 10.2 Å². The van der Waals surface area contributed by atoms with E-state index in [1.54, 1.807) is 19.4 Å². The summed E-state index contributed by atoms with van der Waals surface area (Å²) in [5.41, 5.74) is 5.58. The van der Waals surface area contributed by atoms with E-state index in [1.807, 2.05) is 11.6 Å². The number of hydrogen-bond donors (Lipinski definition) is 2. The van der Waals surface area contributed by atoms with Crippen molar-refractivity contribution in [2.45, 2.75) is 10.2 Å². The number of aromatic nitrogens is 5. The molecule has 2 aromatic rings. The topological polar surface area (TPSA) is 94.5 Å². The minimum Gasteiger partial charge on any atom is -0.373 e. The lowest BCUT2D eigenvalue weighted by molar-refractivity contribution is 0.787. The molecule has 8 heteroatoms. The molecule has 2 heterocycles. The highest BCUT2D eigenvalue weighted by molar-refractivity contribution is 7.99. The number of hydrogen-bond acceptors (Lipinski definition) is 7. The van der Waals surface area contributed by atoms with E-state index in [2.05, 4.69) is 25.5 Å². The van der Waals surface area contributed by atoms with Crippen LogP contribution in [0.5, 0.6) is 0 Å². The van der Waals surface area contributed by atoms with Crippen molar-refractivity contribution in [2.75, 3.05) is 18.1 Å². The summed E-state index contributed by atoms with van der Waals surface area (Å²) in [6.45, 7) is 0. The first kappa shape index (κ1) is 10.7. The van der Waals surface area contributed by atoms with Crippen LogP contribution < -0.4 is 11.1 Å². The Labute approximate surface area is 96.5 Å². The molecule has 0 saturated carbocycles. The highest BCUT2D eigenvalue weighted by atomic mass is 32.2. The fourth-order valence-electron chi connectivity index (χ4n) is 1.08. The Hall–Kier alpha value is -1.83. The molecule has 7 nitrogen and oxygen atoms in total. The number of anilines is 2. The average molecular weight is 237 g/mol. The van der Waals surface area contributed by atoms with Crippen LogP contribution in [0.3, 0.4) is 0 Å². The Bertz CT molecular complexity index is 495. The Balaban J connectivity index is 2.28. The Morgan fingerprint density at radius 1 is 1.44 bits per heavy atom. The molecule has 0 aliphatic heterocycles. The van der Waals surface area contributed by atoms with Crippen LogP contribution in [0.25, 0.3) is 0 Å². The van der Waals surface area contributed by atoms with Gasteiger partial charge < -0.3 is 15.6 Å². The normalized spacial score (nSPS) is 10.4. The number of rotatable bonds is 3. The van der Waals surface area contributed by atoms with Crippen LogP contribution in [0.2, 0.25) is 0 Å². The molecule has 0 aliphatic rings. The van der Waals surface area contributed by atoms with Crippen molar-refractivity contribution in [3.63, 3.8) is 0 Å². The van der Waals surface area contributed by atoms with Gasteiger partial charge in [-0.2, -0.15) is 4.98 Å². The average Bonchev–Trinajstić information content (AvgIpc) is 2.63. The molecule has 0 bridgehead atoms. The molecule has 0 saturated heterocycles. The van der Waals surface area contributed by atoms with Gasteiger partial charge in [-0.1, -0.05) is 0 Å². The van der Waals surface area contributed by atoms with E-state index in [9.17, 15) is 0 Å². The molecule has 0 aliphatic carbocycles. The summed E-state index contributed by atoms with van der Waals surface area (Å²) in [6, 6.07) is 1.80. The van der Waals surface area contributed by atoms with E-state index in [1.165, 1.54) is 11.8 Å². The lowest BCUT2D eigenvalue weighted by Crippen LogP contribution is -2.01. The highest BCUT2D eigenvalue weighted by Crippen LogP contribution is 2.25. The number of nitrogens with two attached hydrogens (primary N) is 1. The molecule has 2 rings (SSSR count). The van der Waals surface area contributed by atoms with Gasteiger partial charge in [-0.05, 0) is 11.8 Å². The third-order valence-electron chi connectivity index (χ3n) is 1.84. The Kier molecular flexibility index (Phi) is 2.91.